The third kappa shape index (κ3) is 1.55. The zero-order valence-electron chi connectivity index (χ0n) is 8.82. The highest BCUT2D eigenvalue weighted by Crippen LogP contribution is 2.39. The first-order valence-electron chi connectivity index (χ1n) is 5.38. The summed E-state index contributed by atoms with van der Waals surface area (Å²) in [5.74, 6) is -0.279. The van der Waals surface area contributed by atoms with Crippen molar-refractivity contribution in [2.24, 2.45) is 0 Å². The molecule has 3 nitrogen and oxygen atoms in total. The summed E-state index contributed by atoms with van der Waals surface area (Å²) in [6, 6.07) is 8.06. The Kier molecular flexibility index (Phi) is 2.64. The summed E-state index contributed by atoms with van der Waals surface area (Å²) in [7, 11) is 0. The average Bonchev–Trinajstić information content (AvgIpc) is 2.74. The highest BCUT2D eigenvalue weighted by molar-refractivity contribution is 6.18. The highest BCUT2D eigenvalue weighted by atomic mass is 35.5. The third-order valence-electron chi connectivity index (χ3n) is 3.01. The van der Waals surface area contributed by atoms with Gasteiger partial charge >= 0.3 is 0 Å². The monoisotopic (exact) mass is 240 g/mol. The van der Waals surface area contributed by atoms with E-state index in [-0.39, 0.29) is 6.10 Å². The molecule has 0 N–H and O–H groups in total. The Morgan fingerprint density at radius 1 is 1.38 bits per heavy atom. The van der Waals surface area contributed by atoms with Gasteiger partial charge in [-0.25, -0.2) is 0 Å². The van der Waals surface area contributed by atoms with E-state index in [2.05, 4.69) is 0 Å². The Labute approximate surface area is 99.3 Å². The summed E-state index contributed by atoms with van der Waals surface area (Å²) in [5, 5.41) is 0. The predicted octanol–water partition coefficient (Wildman–Crippen LogP) is 2.02. The minimum Gasteiger partial charge on any atom is -0.371 e. The van der Waals surface area contributed by atoms with Crippen molar-refractivity contribution in [1.29, 1.82) is 0 Å². The molecule has 16 heavy (non-hydrogen) atoms. The fraction of sp³-hybridized carbons (Fsp3) is 0.500. The van der Waals surface area contributed by atoms with Crippen molar-refractivity contribution >= 4 is 11.6 Å². The summed E-state index contributed by atoms with van der Waals surface area (Å²) in [6.45, 7) is 1.59. The number of rotatable bonds is 1. The predicted molar refractivity (Wildman–Crippen MR) is 59.3 cm³/mol. The van der Waals surface area contributed by atoms with E-state index < -0.39 is 5.79 Å². The van der Waals surface area contributed by atoms with Gasteiger partial charge < -0.3 is 14.2 Å². The molecule has 2 aliphatic heterocycles. The molecular formula is C12H13ClO3. The van der Waals surface area contributed by atoms with Gasteiger partial charge in [0.2, 0.25) is 5.79 Å². The SMILES string of the molecule is ClCC1COC2(COCc3ccccc32)O1. The minimum atomic E-state index is -0.728. The molecule has 1 fully saturated rings. The van der Waals surface area contributed by atoms with Crippen LogP contribution >= 0.6 is 11.6 Å². The first kappa shape index (κ1) is 10.5. The quantitative estimate of drug-likeness (QED) is 0.703. The fourth-order valence-electron chi connectivity index (χ4n) is 2.25. The molecule has 1 aromatic carbocycles. The lowest BCUT2D eigenvalue weighted by atomic mass is 9.98. The molecule has 2 heterocycles. The number of halogens is 1. The Morgan fingerprint density at radius 2 is 2.25 bits per heavy atom. The topological polar surface area (TPSA) is 27.7 Å². The molecule has 3 rings (SSSR count). The van der Waals surface area contributed by atoms with Gasteiger partial charge in [-0.15, -0.1) is 11.6 Å². The minimum absolute atomic E-state index is 0.0450. The van der Waals surface area contributed by atoms with Crippen LogP contribution in [0.4, 0.5) is 0 Å². The number of ether oxygens (including phenoxy) is 3. The van der Waals surface area contributed by atoms with Crippen LogP contribution in [-0.4, -0.2) is 25.2 Å². The zero-order valence-corrected chi connectivity index (χ0v) is 9.57. The lowest BCUT2D eigenvalue weighted by molar-refractivity contribution is -0.221. The fourth-order valence-corrected chi connectivity index (χ4v) is 2.40. The molecule has 1 aromatic rings. The number of fused-ring (bicyclic) bond motifs is 2. The van der Waals surface area contributed by atoms with Gasteiger partial charge in [0.25, 0.3) is 0 Å². The first-order chi connectivity index (χ1) is 7.84. The van der Waals surface area contributed by atoms with Crippen LogP contribution in [0.25, 0.3) is 0 Å². The van der Waals surface area contributed by atoms with E-state index in [1.807, 2.05) is 24.3 Å². The van der Waals surface area contributed by atoms with E-state index >= 15 is 0 Å². The molecule has 0 aromatic heterocycles. The maximum Gasteiger partial charge on any atom is 0.220 e. The lowest BCUT2D eigenvalue weighted by Crippen LogP contribution is -2.38. The molecule has 1 saturated heterocycles. The number of alkyl halides is 1. The van der Waals surface area contributed by atoms with Crippen LogP contribution in [0.1, 0.15) is 11.1 Å². The molecule has 0 radical (unpaired) electrons. The maximum absolute atomic E-state index is 5.89. The highest BCUT2D eigenvalue weighted by Gasteiger charge is 2.46. The molecular weight excluding hydrogens is 228 g/mol. The summed E-state index contributed by atoms with van der Waals surface area (Å²) in [6.07, 6.45) is -0.0450. The molecule has 2 atom stereocenters. The van der Waals surface area contributed by atoms with Crippen LogP contribution < -0.4 is 0 Å². The van der Waals surface area contributed by atoms with E-state index in [0.29, 0.717) is 25.7 Å². The number of hydrogen-bond donors (Lipinski definition) is 0. The lowest BCUT2D eigenvalue weighted by Gasteiger charge is -2.33. The van der Waals surface area contributed by atoms with Crippen molar-refractivity contribution in [3.05, 3.63) is 35.4 Å². The molecule has 0 amide bonds. The standard InChI is InChI=1S/C12H13ClO3/c13-5-10-7-15-12(16-10)8-14-6-9-3-1-2-4-11(9)12/h1-4,10H,5-8H2. The van der Waals surface area contributed by atoms with Gasteiger partial charge in [0.1, 0.15) is 6.61 Å². The summed E-state index contributed by atoms with van der Waals surface area (Å²) < 4.78 is 17.2. The summed E-state index contributed by atoms with van der Waals surface area (Å²) in [4.78, 5) is 0. The molecule has 86 valence electrons. The first-order valence-corrected chi connectivity index (χ1v) is 5.91. The van der Waals surface area contributed by atoms with E-state index in [1.165, 1.54) is 0 Å². The van der Waals surface area contributed by atoms with Gasteiger partial charge in [-0.3, -0.25) is 0 Å². The van der Waals surface area contributed by atoms with Crippen molar-refractivity contribution < 1.29 is 14.2 Å². The second kappa shape index (κ2) is 4.00. The molecule has 0 saturated carbocycles. The van der Waals surface area contributed by atoms with Crippen LogP contribution in [0.3, 0.4) is 0 Å². The normalized spacial score (nSPS) is 32.9. The van der Waals surface area contributed by atoms with Gasteiger partial charge in [-0.05, 0) is 5.56 Å². The maximum atomic E-state index is 5.89. The van der Waals surface area contributed by atoms with Crippen molar-refractivity contribution in [3.8, 4) is 0 Å². The zero-order chi connectivity index (χ0) is 11.0. The largest absolute Gasteiger partial charge is 0.371 e. The number of hydrogen-bond acceptors (Lipinski definition) is 3. The van der Waals surface area contributed by atoms with Crippen molar-refractivity contribution in [2.75, 3.05) is 19.1 Å². The molecule has 2 aliphatic rings. The van der Waals surface area contributed by atoms with Gasteiger partial charge in [-0.1, -0.05) is 24.3 Å². The van der Waals surface area contributed by atoms with E-state index in [9.17, 15) is 0 Å². The summed E-state index contributed by atoms with van der Waals surface area (Å²) >= 11 is 5.79. The van der Waals surface area contributed by atoms with Crippen LogP contribution in [0.15, 0.2) is 24.3 Å². The third-order valence-corrected chi connectivity index (χ3v) is 3.35. The van der Waals surface area contributed by atoms with Crippen molar-refractivity contribution in [3.63, 3.8) is 0 Å². The molecule has 1 spiro atoms. The van der Waals surface area contributed by atoms with Crippen LogP contribution in [0.5, 0.6) is 0 Å². The molecule has 0 aliphatic carbocycles. The second-order valence-electron chi connectivity index (χ2n) is 4.11. The Bertz CT molecular complexity index is 396. The molecule has 2 unspecified atom stereocenters. The Morgan fingerprint density at radius 3 is 3.06 bits per heavy atom. The number of benzene rings is 1. The van der Waals surface area contributed by atoms with Gasteiger partial charge in [0.05, 0.1) is 25.2 Å². The van der Waals surface area contributed by atoms with E-state index in [1.54, 1.807) is 0 Å². The van der Waals surface area contributed by atoms with Gasteiger partial charge in [0, 0.05) is 5.56 Å². The van der Waals surface area contributed by atoms with Gasteiger partial charge in [-0.2, -0.15) is 0 Å². The summed E-state index contributed by atoms with van der Waals surface area (Å²) in [5.41, 5.74) is 2.21. The molecule has 4 heteroatoms. The smallest absolute Gasteiger partial charge is 0.220 e. The van der Waals surface area contributed by atoms with Crippen molar-refractivity contribution in [2.45, 2.75) is 18.5 Å². The van der Waals surface area contributed by atoms with Crippen LogP contribution in [0, 0.1) is 0 Å². The Hall–Kier alpha value is -0.610. The van der Waals surface area contributed by atoms with E-state index in [0.717, 1.165) is 11.1 Å². The van der Waals surface area contributed by atoms with E-state index in [4.69, 9.17) is 25.8 Å². The average molecular weight is 241 g/mol. The van der Waals surface area contributed by atoms with Crippen molar-refractivity contribution in [1.82, 2.24) is 0 Å². The Balaban J connectivity index is 1.98. The van der Waals surface area contributed by atoms with Crippen LogP contribution in [0.2, 0.25) is 0 Å². The van der Waals surface area contributed by atoms with Gasteiger partial charge in [0.15, 0.2) is 0 Å². The van der Waals surface area contributed by atoms with Crippen LogP contribution in [-0.2, 0) is 26.6 Å². The second-order valence-corrected chi connectivity index (χ2v) is 4.42. The molecule has 0 bridgehead atoms.